The van der Waals surface area contributed by atoms with Gasteiger partial charge in [0.1, 0.15) is 17.1 Å². The van der Waals surface area contributed by atoms with Gasteiger partial charge in [-0.25, -0.2) is 19.2 Å². The normalized spacial score (nSPS) is 16.4. The van der Waals surface area contributed by atoms with E-state index < -0.39 is 30.3 Å². The number of fused-ring (bicyclic) bond motifs is 2. The van der Waals surface area contributed by atoms with Gasteiger partial charge in [-0.2, -0.15) is 26.3 Å². The zero-order valence-corrected chi connectivity index (χ0v) is 37.3. The summed E-state index contributed by atoms with van der Waals surface area (Å²) < 4.78 is 81.0. The van der Waals surface area contributed by atoms with Crippen molar-refractivity contribution in [2.24, 2.45) is 0 Å². The standard InChI is InChI=1S/C41H49N7O6.2C2HF3O2/c1-41(2,3)36-24-37(45-54-36)44-39(50)42-27-9-11-33-26(21-27)22-35(52-33)38(49)32-23-29-30(25-46-15-7-8-16-46)34(12-10-31(29)43-32)53-40(51)48-19-13-28(14-20-48)47-17-5-4-6-18-47;2*3-2(4,5)1(6)7/h9-12,21-24,28,43H,4-8,13-20,25H2,1-3H3,(H2,42,44,45,50);2*(H,6,7). The van der Waals surface area contributed by atoms with E-state index in [1.165, 1.54) is 19.3 Å². The number of carboxylic acids is 2. The smallest absolute Gasteiger partial charge is 0.475 e. The number of nitrogens with zero attached hydrogens (tertiary/aromatic N) is 4. The minimum absolute atomic E-state index is 0.163. The first-order valence-electron chi connectivity index (χ1n) is 21.8. The number of carboxylic acid groups (broad SMARTS) is 2. The Hall–Kier alpha value is -6.62. The zero-order valence-electron chi connectivity index (χ0n) is 37.3. The van der Waals surface area contributed by atoms with Gasteiger partial charge in [0.25, 0.3) is 0 Å². The quantitative estimate of drug-likeness (QED) is 0.0723. The van der Waals surface area contributed by atoms with E-state index in [4.69, 9.17) is 33.5 Å². The molecule has 368 valence electrons. The number of benzene rings is 2. The number of ether oxygens (including phenoxy) is 1. The van der Waals surface area contributed by atoms with Gasteiger partial charge < -0.3 is 44.0 Å². The summed E-state index contributed by atoms with van der Waals surface area (Å²) in [6.45, 7) is 12.3. The van der Waals surface area contributed by atoms with Crippen LogP contribution in [0.4, 0.5) is 47.4 Å². The van der Waals surface area contributed by atoms with Gasteiger partial charge in [0.2, 0.25) is 5.78 Å². The lowest BCUT2D eigenvalue weighted by molar-refractivity contribution is -0.193. The first-order chi connectivity index (χ1) is 32.0. The van der Waals surface area contributed by atoms with Crippen molar-refractivity contribution in [3.8, 4) is 5.75 Å². The summed E-state index contributed by atoms with van der Waals surface area (Å²) in [5.41, 5.74) is 2.83. The number of anilines is 2. The van der Waals surface area contributed by atoms with Crippen molar-refractivity contribution in [1.29, 1.82) is 0 Å². The summed E-state index contributed by atoms with van der Waals surface area (Å²) in [6, 6.07) is 14.1. The monoisotopic (exact) mass is 963 g/mol. The number of furan rings is 1. The number of nitrogens with one attached hydrogen (secondary N) is 3. The van der Waals surface area contributed by atoms with Crippen molar-refractivity contribution in [3.63, 3.8) is 0 Å². The predicted molar refractivity (Wildman–Crippen MR) is 234 cm³/mol. The number of aromatic nitrogens is 2. The van der Waals surface area contributed by atoms with Crippen molar-refractivity contribution >= 4 is 63.2 Å². The van der Waals surface area contributed by atoms with Crippen molar-refractivity contribution in [2.45, 2.75) is 96.1 Å². The Labute approximate surface area is 384 Å². The van der Waals surface area contributed by atoms with Gasteiger partial charge in [-0.15, -0.1) is 0 Å². The third kappa shape index (κ3) is 13.3. The SMILES string of the molecule is CC(C)(C)c1cc(NC(=O)Nc2ccc3oc(C(=O)c4cc5c(CN6CCCC6)c(OC(=O)N6CCC(N7CCCCC7)CC6)ccc5[nH]4)cc3c2)no1.O=C(O)C(F)(F)F.O=C(O)C(F)(F)F. The molecular weight excluding hydrogens is 913 g/mol. The molecule has 3 aromatic heterocycles. The summed E-state index contributed by atoms with van der Waals surface area (Å²) >= 11 is 0. The predicted octanol–water partition coefficient (Wildman–Crippen LogP) is 9.39. The summed E-state index contributed by atoms with van der Waals surface area (Å²) in [5, 5.41) is 25.2. The number of likely N-dealkylation sites (tertiary alicyclic amines) is 3. The van der Waals surface area contributed by atoms with Crippen molar-refractivity contribution < 1.29 is 74.2 Å². The van der Waals surface area contributed by atoms with Gasteiger partial charge in [0, 0.05) is 64.7 Å². The van der Waals surface area contributed by atoms with E-state index in [1.807, 2.05) is 43.9 Å². The number of amides is 3. The molecule has 0 saturated carbocycles. The van der Waals surface area contributed by atoms with Crippen LogP contribution in [0, 0.1) is 0 Å². The molecule has 0 atom stereocenters. The number of alkyl halides is 6. The lowest BCUT2D eigenvalue weighted by atomic mass is 9.93. The molecule has 2 aromatic carbocycles. The molecule has 8 rings (SSSR count). The number of carbonyl (C=O) groups excluding carboxylic acids is 3. The number of aromatic amines is 1. The second kappa shape index (κ2) is 21.1. The summed E-state index contributed by atoms with van der Waals surface area (Å²) in [6.07, 6.45) is -2.45. The number of hydrogen-bond acceptors (Lipinski definition) is 11. The molecule has 3 saturated heterocycles. The summed E-state index contributed by atoms with van der Waals surface area (Å²) in [5.74, 6) is -4.16. The Kier molecular flexibility index (Phi) is 15.8. The van der Waals surface area contributed by atoms with E-state index in [2.05, 4.69) is 30.6 Å². The third-order valence-electron chi connectivity index (χ3n) is 11.5. The number of aliphatic carboxylic acids is 2. The molecule has 3 aliphatic rings. The number of hydrogen-bond donors (Lipinski definition) is 5. The molecule has 68 heavy (non-hydrogen) atoms. The van der Waals surface area contributed by atoms with E-state index in [0.717, 1.165) is 68.3 Å². The lowest BCUT2D eigenvalue weighted by Crippen LogP contribution is -2.48. The molecule has 5 aromatic rings. The molecule has 6 heterocycles. The van der Waals surface area contributed by atoms with Crippen LogP contribution in [0.2, 0.25) is 0 Å². The molecule has 0 bridgehead atoms. The average molecular weight is 964 g/mol. The molecule has 5 N–H and O–H groups in total. The van der Waals surface area contributed by atoms with Crippen molar-refractivity contribution in [1.82, 2.24) is 24.8 Å². The van der Waals surface area contributed by atoms with E-state index in [9.17, 15) is 40.7 Å². The van der Waals surface area contributed by atoms with Crippen LogP contribution in [0.25, 0.3) is 21.9 Å². The van der Waals surface area contributed by atoms with Gasteiger partial charge in [-0.3, -0.25) is 15.0 Å². The highest BCUT2D eigenvalue weighted by atomic mass is 19.4. The van der Waals surface area contributed by atoms with Crippen LogP contribution < -0.4 is 15.4 Å². The van der Waals surface area contributed by atoms with Crippen LogP contribution in [-0.2, 0) is 21.5 Å². The van der Waals surface area contributed by atoms with Crippen molar-refractivity contribution in [3.05, 3.63) is 71.3 Å². The maximum Gasteiger partial charge on any atom is 0.490 e. The molecule has 0 aliphatic carbocycles. The Morgan fingerprint density at radius 2 is 1.41 bits per heavy atom. The average Bonchev–Trinajstić information content (AvgIpc) is 4.12. The summed E-state index contributed by atoms with van der Waals surface area (Å²) in [7, 11) is 0. The number of urea groups is 1. The fourth-order valence-corrected chi connectivity index (χ4v) is 7.98. The fraction of sp³-hybridized carbons (Fsp3) is 0.467. The molecule has 0 spiro atoms. The first kappa shape index (κ1) is 50.8. The highest BCUT2D eigenvalue weighted by Gasteiger charge is 2.39. The van der Waals surface area contributed by atoms with E-state index >= 15 is 0 Å². The van der Waals surface area contributed by atoms with Crippen LogP contribution in [-0.4, -0.2) is 123 Å². The Balaban J connectivity index is 0.000000475. The van der Waals surface area contributed by atoms with Crippen LogP contribution in [0.15, 0.2) is 57.5 Å². The minimum Gasteiger partial charge on any atom is -0.475 e. The van der Waals surface area contributed by atoms with Gasteiger partial charge in [0.15, 0.2) is 11.6 Å². The van der Waals surface area contributed by atoms with E-state index in [1.54, 1.807) is 30.3 Å². The topological polar surface area (TPSA) is 224 Å². The third-order valence-corrected chi connectivity index (χ3v) is 11.5. The number of halogens is 6. The van der Waals surface area contributed by atoms with Gasteiger partial charge in [-0.1, -0.05) is 32.3 Å². The van der Waals surface area contributed by atoms with Gasteiger partial charge in [0.05, 0.1) is 5.69 Å². The molecule has 3 fully saturated rings. The fourth-order valence-electron chi connectivity index (χ4n) is 7.98. The maximum atomic E-state index is 13.9. The molecule has 17 nitrogen and oxygen atoms in total. The molecule has 3 amide bonds. The van der Waals surface area contributed by atoms with Crippen molar-refractivity contribution in [2.75, 3.05) is 49.9 Å². The van der Waals surface area contributed by atoms with Crippen LogP contribution >= 0.6 is 0 Å². The second-order valence-electron chi connectivity index (χ2n) is 17.6. The largest absolute Gasteiger partial charge is 0.490 e. The number of H-pyrrole nitrogens is 1. The lowest BCUT2D eigenvalue weighted by Gasteiger charge is -2.39. The van der Waals surface area contributed by atoms with Crippen LogP contribution in [0.5, 0.6) is 5.75 Å². The molecule has 3 aliphatic heterocycles. The van der Waals surface area contributed by atoms with Gasteiger partial charge >= 0.3 is 36.4 Å². The Morgan fingerprint density at radius 3 is 2.00 bits per heavy atom. The Morgan fingerprint density at radius 1 is 0.794 bits per heavy atom. The van der Waals surface area contributed by atoms with Crippen LogP contribution in [0.1, 0.15) is 93.3 Å². The number of piperidine rings is 2. The maximum absolute atomic E-state index is 13.9. The number of ketones is 1. The van der Waals surface area contributed by atoms with E-state index in [0.29, 0.717) is 65.4 Å². The van der Waals surface area contributed by atoms with Gasteiger partial charge in [-0.05, 0) is 107 Å². The zero-order chi connectivity index (χ0) is 49.6. The number of rotatable bonds is 8. The number of carbonyl (C=O) groups is 5. The minimum atomic E-state index is -5.08. The highest BCUT2D eigenvalue weighted by molar-refractivity contribution is 6.11. The molecular formula is C45H51F6N7O10. The van der Waals surface area contributed by atoms with Crippen LogP contribution in [0.3, 0.4) is 0 Å². The van der Waals surface area contributed by atoms with E-state index in [-0.39, 0.29) is 23.1 Å². The summed E-state index contributed by atoms with van der Waals surface area (Å²) in [4.78, 5) is 68.0. The molecule has 0 radical (unpaired) electrons. The first-order valence-corrected chi connectivity index (χ1v) is 21.8. The molecule has 0 unspecified atom stereocenters. The Bertz CT molecular complexity index is 2570. The molecule has 23 heteroatoms. The second-order valence-corrected chi connectivity index (χ2v) is 17.6. The highest BCUT2D eigenvalue weighted by Crippen LogP contribution is 2.34.